The van der Waals surface area contributed by atoms with Crippen LogP contribution in [0, 0.1) is 0 Å². The summed E-state index contributed by atoms with van der Waals surface area (Å²) >= 11 is 0. The highest BCUT2D eigenvalue weighted by Gasteiger charge is 2.12. The molecule has 0 N–H and O–H groups in total. The van der Waals surface area contributed by atoms with Crippen LogP contribution in [0.5, 0.6) is 11.5 Å². The molecule has 3 heteroatoms. The topological polar surface area (TPSA) is 21.7 Å². The summed E-state index contributed by atoms with van der Waals surface area (Å²) in [5.41, 5.74) is -0.158. The van der Waals surface area contributed by atoms with Crippen molar-refractivity contribution in [3.8, 4) is 11.5 Å². The second-order valence-corrected chi connectivity index (χ2v) is 6.49. The van der Waals surface area contributed by atoms with E-state index in [0.29, 0.717) is 6.73 Å². The minimum absolute atomic E-state index is 0.158. The molecule has 1 fully saturated rings. The van der Waals surface area contributed by atoms with E-state index in [4.69, 9.17) is 9.47 Å². The van der Waals surface area contributed by atoms with E-state index in [-0.39, 0.29) is 5.60 Å². The Bertz CT molecular complexity index is 386. The first-order chi connectivity index (χ1) is 9.53. The molecule has 0 radical (unpaired) electrons. The zero-order chi connectivity index (χ0) is 14.4. The van der Waals surface area contributed by atoms with Crippen LogP contribution in [0.15, 0.2) is 24.3 Å². The van der Waals surface area contributed by atoms with Crippen LogP contribution >= 0.6 is 0 Å². The van der Waals surface area contributed by atoms with Crippen LogP contribution in [0.1, 0.15) is 46.5 Å². The van der Waals surface area contributed by atoms with E-state index in [1.807, 2.05) is 24.3 Å². The van der Waals surface area contributed by atoms with Crippen LogP contribution in [0.25, 0.3) is 0 Å². The molecular weight excluding hydrogens is 250 g/mol. The summed E-state index contributed by atoms with van der Waals surface area (Å²) in [6.45, 7) is 9.17. The van der Waals surface area contributed by atoms with Gasteiger partial charge in [0.25, 0.3) is 0 Å². The van der Waals surface area contributed by atoms with Crippen LogP contribution in [-0.4, -0.2) is 30.3 Å². The van der Waals surface area contributed by atoms with Crippen LogP contribution < -0.4 is 9.47 Å². The molecule has 1 aliphatic heterocycles. The van der Waals surface area contributed by atoms with Crippen molar-refractivity contribution in [1.82, 2.24) is 4.90 Å². The first-order valence-corrected chi connectivity index (χ1v) is 7.67. The maximum absolute atomic E-state index is 5.86. The second kappa shape index (κ2) is 6.98. The number of nitrogens with zero attached hydrogens (tertiary/aromatic N) is 1. The molecule has 0 atom stereocenters. The Balaban J connectivity index is 1.81. The average Bonchev–Trinajstić information content (AvgIpc) is 2.65. The van der Waals surface area contributed by atoms with Gasteiger partial charge in [-0.25, -0.2) is 0 Å². The number of rotatable bonds is 4. The highest BCUT2D eigenvalue weighted by Crippen LogP contribution is 2.22. The molecule has 0 bridgehead atoms. The molecule has 1 aromatic rings. The predicted molar refractivity (Wildman–Crippen MR) is 82.4 cm³/mol. The molecule has 0 aromatic heterocycles. The zero-order valence-electron chi connectivity index (χ0n) is 13.0. The molecule has 0 spiro atoms. The Morgan fingerprint density at radius 1 is 0.900 bits per heavy atom. The van der Waals surface area contributed by atoms with Crippen molar-refractivity contribution in [2.24, 2.45) is 0 Å². The maximum atomic E-state index is 5.86. The Morgan fingerprint density at radius 2 is 1.45 bits per heavy atom. The fraction of sp³-hybridized carbons (Fsp3) is 0.647. The van der Waals surface area contributed by atoms with Gasteiger partial charge in [0.05, 0.1) is 0 Å². The molecule has 2 rings (SSSR count). The standard InChI is InChI=1S/C17H27NO2/c1-17(2,3)20-16-10-8-15(9-11-16)19-14-18-12-6-4-5-7-13-18/h8-11H,4-7,12-14H2,1-3H3. The SMILES string of the molecule is CC(C)(C)Oc1ccc(OCN2CCCCCC2)cc1. The van der Waals surface area contributed by atoms with E-state index in [0.717, 1.165) is 24.6 Å². The lowest BCUT2D eigenvalue weighted by Gasteiger charge is -2.22. The Labute approximate surface area is 122 Å². The van der Waals surface area contributed by atoms with E-state index < -0.39 is 0 Å². The fourth-order valence-electron chi connectivity index (χ4n) is 2.39. The quantitative estimate of drug-likeness (QED) is 0.828. The summed E-state index contributed by atoms with van der Waals surface area (Å²) in [4.78, 5) is 2.40. The summed E-state index contributed by atoms with van der Waals surface area (Å²) in [5, 5.41) is 0. The lowest BCUT2D eigenvalue weighted by molar-refractivity contribution is 0.126. The van der Waals surface area contributed by atoms with Gasteiger partial charge in [0.2, 0.25) is 0 Å². The van der Waals surface area contributed by atoms with Gasteiger partial charge < -0.3 is 9.47 Å². The lowest BCUT2D eigenvalue weighted by atomic mass is 10.2. The molecule has 1 saturated heterocycles. The molecule has 1 heterocycles. The van der Waals surface area contributed by atoms with Crippen molar-refractivity contribution in [3.05, 3.63) is 24.3 Å². The Morgan fingerprint density at radius 3 is 2.00 bits per heavy atom. The molecule has 1 aromatic carbocycles. The lowest BCUT2D eigenvalue weighted by Crippen LogP contribution is -2.29. The fourth-order valence-corrected chi connectivity index (χ4v) is 2.39. The molecule has 0 unspecified atom stereocenters. The number of hydrogen-bond acceptors (Lipinski definition) is 3. The van der Waals surface area contributed by atoms with Gasteiger partial charge in [-0.05, 0) is 57.9 Å². The van der Waals surface area contributed by atoms with E-state index in [9.17, 15) is 0 Å². The van der Waals surface area contributed by atoms with Gasteiger partial charge in [0.15, 0.2) is 0 Å². The average molecular weight is 277 g/mol. The van der Waals surface area contributed by atoms with Gasteiger partial charge >= 0.3 is 0 Å². The van der Waals surface area contributed by atoms with Gasteiger partial charge in [0.1, 0.15) is 23.8 Å². The largest absolute Gasteiger partial charge is 0.488 e. The summed E-state index contributed by atoms with van der Waals surface area (Å²) in [7, 11) is 0. The first-order valence-electron chi connectivity index (χ1n) is 7.67. The first kappa shape index (κ1) is 15.2. The van der Waals surface area contributed by atoms with Crippen molar-refractivity contribution in [1.29, 1.82) is 0 Å². The van der Waals surface area contributed by atoms with E-state index in [2.05, 4.69) is 25.7 Å². The molecule has 0 aliphatic carbocycles. The van der Waals surface area contributed by atoms with E-state index in [1.165, 1.54) is 25.7 Å². The Hall–Kier alpha value is -1.22. The summed E-state index contributed by atoms with van der Waals surface area (Å²) in [5.74, 6) is 1.80. The van der Waals surface area contributed by atoms with E-state index >= 15 is 0 Å². The van der Waals surface area contributed by atoms with Crippen molar-refractivity contribution in [3.63, 3.8) is 0 Å². The molecule has 1 aliphatic rings. The van der Waals surface area contributed by atoms with Gasteiger partial charge in [0, 0.05) is 13.1 Å². The highest BCUT2D eigenvalue weighted by molar-refractivity contribution is 5.31. The third-order valence-electron chi connectivity index (χ3n) is 3.36. The van der Waals surface area contributed by atoms with Crippen LogP contribution in [-0.2, 0) is 0 Å². The van der Waals surface area contributed by atoms with Gasteiger partial charge in [-0.1, -0.05) is 12.8 Å². The summed E-state index contributed by atoms with van der Waals surface area (Å²) < 4.78 is 11.7. The molecule has 0 saturated carbocycles. The number of ether oxygens (including phenoxy) is 2. The molecular formula is C17H27NO2. The van der Waals surface area contributed by atoms with Gasteiger partial charge in [-0.2, -0.15) is 0 Å². The minimum Gasteiger partial charge on any atom is -0.488 e. The second-order valence-electron chi connectivity index (χ2n) is 6.49. The summed E-state index contributed by atoms with van der Waals surface area (Å²) in [6, 6.07) is 7.92. The van der Waals surface area contributed by atoms with Gasteiger partial charge in [-0.15, -0.1) is 0 Å². The monoisotopic (exact) mass is 277 g/mol. The normalized spacial score (nSPS) is 17.6. The molecule has 112 valence electrons. The highest BCUT2D eigenvalue weighted by atomic mass is 16.5. The van der Waals surface area contributed by atoms with Crippen molar-refractivity contribution in [2.75, 3.05) is 19.8 Å². The third kappa shape index (κ3) is 5.41. The zero-order valence-corrected chi connectivity index (χ0v) is 13.0. The summed E-state index contributed by atoms with van der Waals surface area (Å²) in [6.07, 6.45) is 5.30. The minimum atomic E-state index is -0.158. The maximum Gasteiger partial charge on any atom is 0.142 e. The van der Waals surface area contributed by atoms with Crippen molar-refractivity contribution in [2.45, 2.75) is 52.1 Å². The smallest absolute Gasteiger partial charge is 0.142 e. The van der Waals surface area contributed by atoms with Crippen LogP contribution in [0.3, 0.4) is 0 Å². The van der Waals surface area contributed by atoms with Crippen molar-refractivity contribution < 1.29 is 9.47 Å². The van der Waals surface area contributed by atoms with Gasteiger partial charge in [-0.3, -0.25) is 4.90 Å². The number of benzene rings is 1. The third-order valence-corrected chi connectivity index (χ3v) is 3.36. The van der Waals surface area contributed by atoms with E-state index in [1.54, 1.807) is 0 Å². The number of likely N-dealkylation sites (tertiary alicyclic amines) is 1. The molecule has 20 heavy (non-hydrogen) atoms. The van der Waals surface area contributed by atoms with Crippen molar-refractivity contribution >= 4 is 0 Å². The van der Waals surface area contributed by atoms with Crippen LogP contribution in [0.2, 0.25) is 0 Å². The Kier molecular flexibility index (Phi) is 5.30. The number of hydrogen-bond donors (Lipinski definition) is 0. The predicted octanol–water partition coefficient (Wildman–Crippen LogP) is 4.08. The molecule has 3 nitrogen and oxygen atoms in total. The molecule has 0 amide bonds. The van der Waals surface area contributed by atoms with Crippen LogP contribution in [0.4, 0.5) is 0 Å².